The first-order valence-electron chi connectivity index (χ1n) is 8.58. The molecule has 0 N–H and O–H groups in total. The van der Waals surface area contributed by atoms with Gasteiger partial charge in [0.25, 0.3) is 0 Å². The van der Waals surface area contributed by atoms with Crippen LogP contribution in [-0.4, -0.2) is 11.3 Å². The maximum absolute atomic E-state index is 11.6. The molecule has 22 heavy (non-hydrogen) atoms. The Bertz CT molecular complexity index is 378. The summed E-state index contributed by atoms with van der Waals surface area (Å²) < 4.78 is 5.27. The molecule has 0 saturated carbocycles. The van der Waals surface area contributed by atoms with E-state index < -0.39 is 0 Å². The van der Waals surface area contributed by atoms with E-state index >= 15 is 0 Å². The second-order valence-corrected chi connectivity index (χ2v) is 6.56. The summed E-state index contributed by atoms with van der Waals surface area (Å²) in [6.45, 7) is 0.397. The summed E-state index contributed by atoms with van der Waals surface area (Å²) in [5, 5.41) is 1.13. The lowest BCUT2D eigenvalue weighted by Crippen LogP contribution is -2.04. The van der Waals surface area contributed by atoms with Gasteiger partial charge < -0.3 is 4.74 Å². The molecule has 0 fully saturated rings. The quantitative estimate of drug-likeness (QED) is 0.241. The van der Waals surface area contributed by atoms with Crippen molar-refractivity contribution in [3.8, 4) is 0 Å². The Labute approximate surface area is 143 Å². The fraction of sp³-hybridized carbons (Fsp3) is 0.632. The number of ether oxygens (including phenoxy) is 1. The third-order valence-electron chi connectivity index (χ3n) is 3.76. The zero-order valence-corrected chi connectivity index (χ0v) is 15.2. The molecule has 0 aliphatic carbocycles. The average Bonchev–Trinajstić information content (AvgIpc) is 2.55. The molecule has 0 aliphatic rings. The Morgan fingerprint density at radius 3 is 1.95 bits per heavy atom. The van der Waals surface area contributed by atoms with Gasteiger partial charge in [-0.05, 0) is 18.4 Å². The van der Waals surface area contributed by atoms with Gasteiger partial charge in [-0.2, -0.15) is 0 Å². The van der Waals surface area contributed by atoms with Gasteiger partial charge >= 0.3 is 5.97 Å². The molecule has 0 amide bonds. The fourth-order valence-corrected chi connectivity index (χ4v) is 2.81. The van der Waals surface area contributed by atoms with Crippen LogP contribution in [0, 0.1) is 0 Å². The van der Waals surface area contributed by atoms with Gasteiger partial charge in [0.05, 0.1) is 0 Å². The van der Waals surface area contributed by atoms with E-state index in [2.05, 4.69) is 15.9 Å². The van der Waals surface area contributed by atoms with Crippen molar-refractivity contribution in [1.82, 2.24) is 0 Å². The predicted molar refractivity (Wildman–Crippen MR) is 96.2 cm³/mol. The molecule has 1 aromatic carbocycles. The minimum atomic E-state index is -0.0707. The summed E-state index contributed by atoms with van der Waals surface area (Å²) >= 11 is 3.46. The lowest BCUT2D eigenvalue weighted by atomic mass is 10.1. The largest absolute Gasteiger partial charge is 0.461 e. The van der Waals surface area contributed by atoms with Crippen molar-refractivity contribution in [3.05, 3.63) is 35.9 Å². The molecule has 0 atom stereocenters. The van der Waals surface area contributed by atoms with Crippen molar-refractivity contribution in [2.45, 2.75) is 70.8 Å². The molecular formula is C19H29BrO2. The van der Waals surface area contributed by atoms with E-state index in [1.54, 1.807) is 0 Å². The molecule has 0 spiro atoms. The molecule has 1 rings (SSSR count). The lowest BCUT2D eigenvalue weighted by Gasteiger charge is -2.05. The van der Waals surface area contributed by atoms with Crippen LogP contribution >= 0.6 is 15.9 Å². The first kappa shape index (κ1) is 19.2. The number of carbonyl (C=O) groups excluding carboxylic acids is 1. The SMILES string of the molecule is O=C(CCCCCCCCCCCBr)OCc1ccccc1. The highest BCUT2D eigenvalue weighted by molar-refractivity contribution is 9.09. The Kier molecular flexibility index (Phi) is 12.1. The number of benzene rings is 1. The zero-order chi connectivity index (χ0) is 15.9. The van der Waals surface area contributed by atoms with Crippen LogP contribution in [0.1, 0.15) is 69.8 Å². The predicted octanol–water partition coefficient (Wildman–Crippen LogP) is 6.03. The van der Waals surface area contributed by atoms with E-state index in [0.717, 1.165) is 23.7 Å². The molecule has 2 nitrogen and oxygen atoms in total. The third-order valence-corrected chi connectivity index (χ3v) is 4.32. The second kappa shape index (κ2) is 13.8. The maximum atomic E-state index is 11.6. The second-order valence-electron chi connectivity index (χ2n) is 5.77. The van der Waals surface area contributed by atoms with Crippen LogP contribution in [0.5, 0.6) is 0 Å². The Hall–Kier alpha value is -0.830. The number of unbranched alkanes of at least 4 members (excludes halogenated alkanes) is 8. The van der Waals surface area contributed by atoms with E-state index in [4.69, 9.17) is 4.74 Å². The number of hydrogen-bond acceptors (Lipinski definition) is 2. The minimum absolute atomic E-state index is 0.0707. The summed E-state index contributed by atoms with van der Waals surface area (Å²) in [5.41, 5.74) is 1.05. The van der Waals surface area contributed by atoms with Gasteiger partial charge in [0.2, 0.25) is 0 Å². The summed E-state index contributed by atoms with van der Waals surface area (Å²) in [6.07, 6.45) is 11.9. The van der Waals surface area contributed by atoms with E-state index in [1.807, 2.05) is 30.3 Å². The van der Waals surface area contributed by atoms with Gasteiger partial charge in [0.1, 0.15) is 6.61 Å². The monoisotopic (exact) mass is 368 g/mol. The van der Waals surface area contributed by atoms with Gasteiger partial charge in [-0.15, -0.1) is 0 Å². The number of alkyl halides is 1. The van der Waals surface area contributed by atoms with E-state index in [1.165, 1.54) is 44.9 Å². The number of hydrogen-bond donors (Lipinski definition) is 0. The highest BCUT2D eigenvalue weighted by Crippen LogP contribution is 2.11. The highest BCUT2D eigenvalue weighted by Gasteiger charge is 2.03. The molecule has 0 aliphatic heterocycles. The Balaban J connectivity index is 1.87. The van der Waals surface area contributed by atoms with Gasteiger partial charge in [0.15, 0.2) is 0 Å². The van der Waals surface area contributed by atoms with Crippen LogP contribution in [0.2, 0.25) is 0 Å². The van der Waals surface area contributed by atoms with E-state index in [0.29, 0.717) is 13.0 Å². The lowest BCUT2D eigenvalue weighted by molar-refractivity contribution is -0.145. The Morgan fingerprint density at radius 1 is 0.818 bits per heavy atom. The van der Waals surface area contributed by atoms with Gasteiger partial charge in [0, 0.05) is 11.8 Å². The molecule has 0 radical (unpaired) electrons. The van der Waals surface area contributed by atoms with Crippen molar-refractivity contribution in [1.29, 1.82) is 0 Å². The molecule has 0 unspecified atom stereocenters. The molecule has 124 valence electrons. The van der Waals surface area contributed by atoms with Gasteiger partial charge in [-0.25, -0.2) is 0 Å². The van der Waals surface area contributed by atoms with Crippen LogP contribution in [0.15, 0.2) is 30.3 Å². The van der Waals surface area contributed by atoms with Gasteiger partial charge in [-0.3, -0.25) is 4.79 Å². The highest BCUT2D eigenvalue weighted by atomic mass is 79.9. The van der Waals surface area contributed by atoms with Crippen molar-refractivity contribution in [2.24, 2.45) is 0 Å². The van der Waals surface area contributed by atoms with Crippen LogP contribution in [0.3, 0.4) is 0 Å². The number of rotatable bonds is 13. The van der Waals surface area contributed by atoms with Crippen molar-refractivity contribution in [2.75, 3.05) is 5.33 Å². The molecule has 0 aromatic heterocycles. The summed E-state index contributed by atoms with van der Waals surface area (Å²) in [5.74, 6) is -0.0707. The normalized spacial score (nSPS) is 10.6. The van der Waals surface area contributed by atoms with E-state index in [9.17, 15) is 4.79 Å². The van der Waals surface area contributed by atoms with E-state index in [-0.39, 0.29) is 5.97 Å². The van der Waals surface area contributed by atoms with Gasteiger partial charge in [-0.1, -0.05) is 91.2 Å². The van der Waals surface area contributed by atoms with Crippen molar-refractivity contribution < 1.29 is 9.53 Å². The zero-order valence-electron chi connectivity index (χ0n) is 13.6. The molecular weight excluding hydrogens is 340 g/mol. The molecule has 0 saturated heterocycles. The van der Waals surface area contributed by atoms with Crippen LogP contribution < -0.4 is 0 Å². The smallest absolute Gasteiger partial charge is 0.306 e. The number of carbonyl (C=O) groups is 1. The number of halogens is 1. The summed E-state index contributed by atoms with van der Waals surface area (Å²) in [4.78, 5) is 11.6. The molecule has 3 heteroatoms. The third kappa shape index (κ3) is 10.8. The van der Waals surface area contributed by atoms with Crippen LogP contribution in [0.25, 0.3) is 0 Å². The molecule has 1 aromatic rings. The number of esters is 1. The average molecular weight is 369 g/mol. The Morgan fingerprint density at radius 2 is 1.36 bits per heavy atom. The molecule has 0 bridgehead atoms. The standard InChI is InChI=1S/C19H29BrO2/c20-16-12-7-5-3-1-2-4-6-11-15-19(21)22-17-18-13-9-8-10-14-18/h8-10,13-14H,1-7,11-12,15-17H2. The van der Waals surface area contributed by atoms with Crippen molar-refractivity contribution in [3.63, 3.8) is 0 Å². The summed E-state index contributed by atoms with van der Waals surface area (Å²) in [6, 6.07) is 9.84. The van der Waals surface area contributed by atoms with Crippen LogP contribution in [0.4, 0.5) is 0 Å². The summed E-state index contributed by atoms with van der Waals surface area (Å²) in [7, 11) is 0. The van der Waals surface area contributed by atoms with Crippen LogP contribution in [-0.2, 0) is 16.1 Å². The minimum Gasteiger partial charge on any atom is -0.461 e. The fourth-order valence-electron chi connectivity index (χ4n) is 2.41. The van der Waals surface area contributed by atoms with Crippen molar-refractivity contribution >= 4 is 21.9 Å². The topological polar surface area (TPSA) is 26.3 Å². The first-order chi connectivity index (χ1) is 10.8. The first-order valence-corrected chi connectivity index (χ1v) is 9.70. The molecule has 0 heterocycles. The maximum Gasteiger partial charge on any atom is 0.306 e.